The van der Waals surface area contributed by atoms with E-state index in [0.29, 0.717) is 23.6 Å². The van der Waals surface area contributed by atoms with Crippen molar-refractivity contribution in [2.24, 2.45) is 0 Å². The summed E-state index contributed by atoms with van der Waals surface area (Å²) < 4.78 is 6.55. The Morgan fingerprint density at radius 2 is 1.85 bits per heavy atom. The maximum Gasteiger partial charge on any atom is 0.321 e. The number of nitrogens with one attached hydrogen (secondary N) is 3. The van der Waals surface area contributed by atoms with Crippen LogP contribution in [0, 0.1) is 6.92 Å². The fraction of sp³-hybridized carbons (Fsp3) is 0.355. The number of halogens is 1. The van der Waals surface area contributed by atoms with Gasteiger partial charge in [-0.15, -0.1) is 12.4 Å². The van der Waals surface area contributed by atoms with Gasteiger partial charge in [0.25, 0.3) is 0 Å². The van der Waals surface area contributed by atoms with Crippen molar-refractivity contribution < 1.29 is 9.53 Å². The molecule has 2 aromatic carbocycles. The number of urea groups is 1. The number of benzene rings is 2. The van der Waals surface area contributed by atoms with E-state index in [2.05, 4.69) is 25.9 Å². The van der Waals surface area contributed by atoms with Crippen molar-refractivity contribution >= 4 is 40.8 Å². The van der Waals surface area contributed by atoms with Crippen molar-refractivity contribution in [3.63, 3.8) is 0 Å². The number of ether oxygens (including phenoxy) is 1. The number of carbonyl (C=O) groups excluding carboxylic acids is 1. The van der Waals surface area contributed by atoms with E-state index in [1.165, 1.54) is 6.42 Å². The van der Waals surface area contributed by atoms with Gasteiger partial charge >= 0.3 is 6.03 Å². The van der Waals surface area contributed by atoms with E-state index in [0.717, 1.165) is 85.1 Å². The number of aromatic nitrogens is 3. The Kier molecular flexibility index (Phi) is 9.16. The molecule has 0 aliphatic carbocycles. The van der Waals surface area contributed by atoms with Crippen LogP contribution in [-0.2, 0) is 0 Å². The van der Waals surface area contributed by atoms with Crippen LogP contribution in [0.25, 0.3) is 22.0 Å². The molecule has 6 rings (SSSR count). The van der Waals surface area contributed by atoms with Gasteiger partial charge in [-0.05, 0) is 75.4 Å². The van der Waals surface area contributed by atoms with Crippen molar-refractivity contribution in [1.29, 1.82) is 0 Å². The lowest BCUT2D eigenvalue weighted by molar-refractivity contribution is 0.200. The lowest BCUT2D eigenvalue weighted by atomic mass is 10.0. The topological polar surface area (TPSA) is 104 Å². The van der Waals surface area contributed by atoms with E-state index >= 15 is 0 Å². The van der Waals surface area contributed by atoms with Crippen molar-refractivity contribution in [2.75, 3.05) is 36.8 Å². The third-order valence-electron chi connectivity index (χ3n) is 7.63. The summed E-state index contributed by atoms with van der Waals surface area (Å²) in [5, 5.41) is 11.8. The Morgan fingerprint density at radius 1 is 0.976 bits per heavy atom. The quantitative estimate of drug-likeness (QED) is 0.245. The Morgan fingerprint density at radius 3 is 2.68 bits per heavy atom. The lowest BCUT2D eigenvalue weighted by Gasteiger charge is -2.27. The molecule has 0 saturated carbocycles. The first-order valence-electron chi connectivity index (χ1n) is 14.2. The standard InChI is InChI=1S/C31H35N7O2.ClH/c1-21-12-13-23-24(9-5-11-26(23)37-31(39)38-18-3-2-4-19-38)28(21)40-29-25(10-7-16-33-29)27-14-17-34-30(36-27)35-22-8-6-15-32-20-22;/h5,7,9-14,16-17,22,32H,2-4,6,8,15,18-20H2,1H3,(H,37,39)(H,34,35,36);1H. The number of piperidine rings is 2. The zero-order valence-electron chi connectivity index (χ0n) is 23.2. The maximum atomic E-state index is 13.0. The fourth-order valence-corrected chi connectivity index (χ4v) is 5.47. The van der Waals surface area contributed by atoms with Crippen LogP contribution in [0.5, 0.6) is 11.6 Å². The van der Waals surface area contributed by atoms with Crippen LogP contribution >= 0.6 is 12.4 Å². The average Bonchev–Trinajstić information content (AvgIpc) is 3.00. The molecule has 1 atom stereocenters. The van der Waals surface area contributed by atoms with Gasteiger partial charge < -0.3 is 25.6 Å². The SMILES string of the molecule is Cc1ccc2c(NC(=O)N3CCCCC3)cccc2c1Oc1ncccc1-c1ccnc(NC2CCCNC2)n1.Cl. The van der Waals surface area contributed by atoms with Crippen molar-refractivity contribution in [1.82, 2.24) is 25.2 Å². The minimum Gasteiger partial charge on any atom is -0.437 e. The van der Waals surface area contributed by atoms with Gasteiger partial charge in [-0.25, -0.2) is 19.7 Å². The molecule has 1 unspecified atom stereocenters. The summed E-state index contributed by atoms with van der Waals surface area (Å²) in [6.45, 7) is 5.56. The van der Waals surface area contributed by atoms with E-state index in [-0.39, 0.29) is 18.4 Å². The lowest BCUT2D eigenvalue weighted by Crippen LogP contribution is -2.38. The van der Waals surface area contributed by atoms with Crippen LogP contribution in [0.4, 0.5) is 16.4 Å². The number of anilines is 2. The highest BCUT2D eigenvalue weighted by Gasteiger charge is 2.20. The number of carbonyl (C=O) groups is 1. The van der Waals surface area contributed by atoms with Gasteiger partial charge in [0.2, 0.25) is 11.8 Å². The number of hydrogen-bond donors (Lipinski definition) is 3. The number of fused-ring (bicyclic) bond motifs is 1. The summed E-state index contributed by atoms with van der Waals surface area (Å²) in [7, 11) is 0. The molecule has 0 radical (unpaired) electrons. The predicted octanol–water partition coefficient (Wildman–Crippen LogP) is 6.40. The summed E-state index contributed by atoms with van der Waals surface area (Å²) in [4.78, 5) is 28.7. The Balaban J connectivity index is 0.00000337. The van der Waals surface area contributed by atoms with Gasteiger partial charge in [0.1, 0.15) is 5.75 Å². The number of hydrogen-bond acceptors (Lipinski definition) is 7. The minimum atomic E-state index is -0.0561. The molecule has 2 aliphatic rings. The van der Waals surface area contributed by atoms with Crippen LogP contribution in [0.2, 0.25) is 0 Å². The smallest absolute Gasteiger partial charge is 0.321 e. The van der Waals surface area contributed by atoms with Gasteiger partial charge in [0.15, 0.2) is 0 Å². The van der Waals surface area contributed by atoms with Crippen molar-refractivity contribution in [3.05, 3.63) is 66.5 Å². The maximum absolute atomic E-state index is 13.0. The monoisotopic (exact) mass is 573 g/mol. The number of aryl methyl sites for hydroxylation is 1. The summed E-state index contributed by atoms with van der Waals surface area (Å²) in [6, 6.07) is 15.9. The molecule has 2 fully saturated rings. The van der Waals surface area contributed by atoms with Crippen molar-refractivity contribution in [3.8, 4) is 22.9 Å². The van der Waals surface area contributed by atoms with Crippen LogP contribution < -0.4 is 20.7 Å². The van der Waals surface area contributed by atoms with Gasteiger partial charge in [0.05, 0.1) is 16.9 Å². The highest BCUT2D eigenvalue weighted by atomic mass is 35.5. The molecule has 4 heterocycles. The highest BCUT2D eigenvalue weighted by Crippen LogP contribution is 2.38. The van der Waals surface area contributed by atoms with E-state index in [1.807, 2.05) is 60.4 Å². The van der Waals surface area contributed by atoms with Gasteiger partial charge in [-0.2, -0.15) is 0 Å². The Bertz CT molecular complexity index is 1500. The second kappa shape index (κ2) is 13.1. The van der Waals surface area contributed by atoms with Crippen LogP contribution in [0.15, 0.2) is 60.9 Å². The largest absolute Gasteiger partial charge is 0.437 e. The van der Waals surface area contributed by atoms with Gasteiger partial charge in [-0.1, -0.05) is 24.3 Å². The highest BCUT2D eigenvalue weighted by molar-refractivity contribution is 6.04. The second-order valence-electron chi connectivity index (χ2n) is 10.5. The van der Waals surface area contributed by atoms with Crippen LogP contribution in [0.3, 0.4) is 0 Å². The summed E-state index contributed by atoms with van der Waals surface area (Å²) in [5.41, 5.74) is 3.25. The first-order valence-corrected chi connectivity index (χ1v) is 14.2. The molecule has 4 aromatic rings. The van der Waals surface area contributed by atoms with Crippen LogP contribution in [0.1, 0.15) is 37.7 Å². The minimum absolute atomic E-state index is 0. The number of pyridine rings is 1. The van der Waals surface area contributed by atoms with E-state index < -0.39 is 0 Å². The third-order valence-corrected chi connectivity index (χ3v) is 7.63. The summed E-state index contributed by atoms with van der Waals surface area (Å²) in [6.07, 6.45) is 8.98. The summed E-state index contributed by atoms with van der Waals surface area (Å²) in [5.74, 6) is 1.76. The molecule has 2 amide bonds. The third kappa shape index (κ3) is 6.52. The van der Waals surface area contributed by atoms with Gasteiger partial charge in [-0.3, -0.25) is 0 Å². The second-order valence-corrected chi connectivity index (χ2v) is 10.5. The molecule has 2 aromatic heterocycles. The zero-order chi connectivity index (χ0) is 27.3. The first-order chi connectivity index (χ1) is 19.7. The van der Waals surface area contributed by atoms with E-state index in [4.69, 9.17) is 9.72 Å². The van der Waals surface area contributed by atoms with Crippen molar-refractivity contribution in [2.45, 2.75) is 45.1 Å². The summed E-state index contributed by atoms with van der Waals surface area (Å²) >= 11 is 0. The fourth-order valence-electron chi connectivity index (χ4n) is 5.47. The van der Waals surface area contributed by atoms with E-state index in [1.54, 1.807) is 12.4 Å². The molecule has 2 saturated heterocycles. The molecule has 2 aliphatic heterocycles. The van der Waals surface area contributed by atoms with E-state index in [9.17, 15) is 4.79 Å². The predicted molar refractivity (Wildman–Crippen MR) is 165 cm³/mol. The molecule has 0 spiro atoms. The molecule has 41 heavy (non-hydrogen) atoms. The average molecular weight is 574 g/mol. The zero-order valence-corrected chi connectivity index (χ0v) is 24.0. The van der Waals surface area contributed by atoms with Crippen LogP contribution in [-0.4, -0.2) is 58.1 Å². The molecule has 10 heteroatoms. The molecule has 9 nitrogen and oxygen atoms in total. The Hall–Kier alpha value is -3.95. The molecular formula is C31H36ClN7O2. The Labute approximate surface area is 246 Å². The number of rotatable bonds is 6. The number of amides is 2. The molecule has 3 N–H and O–H groups in total. The molecule has 0 bridgehead atoms. The number of nitrogens with zero attached hydrogens (tertiary/aromatic N) is 4. The first kappa shape index (κ1) is 28.6. The molecule has 214 valence electrons. The van der Waals surface area contributed by atoms with Gasteiger partial charge in [0, 0.05) is 48.8 Å². The molecular weight excluding hydrogens is 538 g/mol. The number of likely N-dealkylation sites (tertiary alicyclic amines) is 1. The normalized spacial score (nSPS) is 17.0.